The van der Waals surface area contributed by atoms with E-state index in [2.05, 4.69) is 10.1 Å². The van der Waals surface area contributed by atoms with Crippen molar-refractivity contribution in [3.8, 4) is 5.69 Å². The molecule has 1 unspecified atom stereocenters. The number of carbonyl (C=O) groups is 2. The highest BCUT2D eigenvalue weighted by Gasteiger charge is 2.38. The van der Waals surface area contributed by atoms with Crippen LogP contribution in [-0.4, -0.2) is 56.5 Å². The number of aromatic nitrogens is 3. The summed E-state index contributed by atoms with van der Waals surface area (Å²) in [5, 5.41) is 3.73. The Balaban J connectivity index is 1.57. The number of rotatable bonds is 6. The Labute approximate surface area is 201 Å². The highest BCUT2D eigenvalue weighted by molar-refractivity contribution is 6.67. The smallest absolute Gasteiger partial charge is 0.415 e. The first-order valence-corrected chi connectivity index (χ1v) is 10.5. The van der Waals surface area contributed by atoms with E-state index < -0.39 is 34.4 Å². The van der Waals surface area contributed by atoms with Gasteiger partial charge in [0.1, 0.15) is 25.3 Å². The predicted molar refractivity (Wildman–Crippen MR) is 117 cm³/mol. The van der Waals surface area contributed by atoms with Crippen molar-refractivity contribution in [3.63, 3.8) is 0 Å². The Morgan fingerprint density at radius 3 is 2.79 bits per heavy atom. The number of cyclic esters (lactones) is 1. The van der Waals surface area contributed by atoms with Crippen LogP contribution >= 0.6 is 34.8 Å². The Morgan fingerprint density at radius 2 is 2.15 bits per heavy atom. The van der Waals surface area contributed by atoms with Gasteiger partial charge in [0.25, 0.3) is 0 Å². The molecule has 0 aliphatic carbocycles. The number of halogens is 4. The summed E-state index contributed by atoms with van der Waals surface area (Å²) in [5.74, 6) is -0.482. The summed E-state index contributed by atoms with van der Waals surface area (Å²) in [4.78, 5) is 31.3. The summed E-state index contributed by atoms with van der Waals surface area (Å²) in [6.07, 6.45) is 4.21. The lowest BCUT2D eigenvalue weighted by molar-refractivity contribution is 0.154. The first-order chi connectivity index (χ1) is 15.7. The quantitative estimate of drug-likeness (QED) is 0.447. The third-order valence-corrected chi connectivity index (χ3v) is 4.95. The molecule has 0 bridgehead atoms. The van der Waals surface area contributed by atoms with E-state index in [0.717, 1.165) is 4.90 Å². The first kappa shape index (κ1) is 23.1. The fourth-order valence-electron chi connectivity index (χ4n) is 3.21. The van der Waals surface area contributed by atoms with Crippen molar-refractivity contribution >= 4 is 58.5 Å². The molecule has 10 nitrogen and oxygen atoms in total. The van der Waals surface area contributed by atoms with Crippen LogP contribution in [0.1, 0.15) is 0 Å². The molecule has 1 aliphatic heterocycles. The summed E-state index contributed by atoms with van der Waals surface area (Å²) in [6, 6.07) is 4.96. The molecule has 1 aliphatic rings. The summed E-state index contributed by atoms with van der Waals surface area (Å²) in [7, 11) is 0. The molecule has 1 fully saturated rings. The molecule has 1 saturated heterocycles. The summed E-state index contributed by atoms with van der Waals surface area (Å²) >= 11 is 17.0. The van der Waals surface area contributed by atoms with E-state index in [1.54, 1.807) is 12.3 Å². The zero-order valence-corrected chi connectivity index (χ0v) is 18.9. The van der Waals surface area contributed by atoms with Crippen molar-refractivity contribution in [2.75, 3.05) is 29.6 Å². The minimum atomic E-state index is -1.82. The van der Waals surface area contributed by atoms with Gasteiger partial charge in [0.15, 0.2) is 5.82 Å². The van der Waals surface area contributed by atoms with Gasteiger partial charge in [-0.3, -0.25) is 9.80 Å². The van der Waals surface area contributed by atoms with Crippen molar-refractivity contribution in [2.45, 2.75) is 9.83 Å². The molecule has 0 radical (unpaired) electrons. The van der Waals surface area contributed by atoms with Gasteiger partial charge in [-0.1, -0.05) is 40.0 Å². The Kier molecular flexibility index (Phi) is 6.63. The number of carbonyl (C=O) groups excluding carboxylic acids is 2. The normalized spacial score (nSPS) is 16.1. The third-order valence-electron chi connectivity index (χ3n) is 4.63. The van der Waals surface area contributed by atoms with Crippen molar-refractivity contribution in [3.05, 3.63) is 55.1 Å². The van der Waals surface area contributed by atoms with Gasteiger partial charge < -0.3 is 18.6 Å². The van der Waals surface area contributed by atoms with E-state index in [1.165, 1.54) is 46.5 Å². The molecule has 3 heterocycles. The molecule has 14 heteroatoms. The van der Waals surface area contributed by atoms with E-state index in [0.29, 0.717) is 0 Å². The number of ether oxygens (including phenoxy) is 2. The summed E-state index contributed by atoms with van der Waals surface area (Å²) < 4.78 is 29.4. The molecule has 2 amide bonds. The second-order valence-corrected chi connectivity index (χ2v) is 9.36. The average molecular weight is 519 g/mol. The molecule has 0 saturated carbocycles. The van der Waals surface area contributed by atoms with Gasteiger partial charge in [-0.15, -0.1) is 0 Å². The van der Waals surface area contributed by atoms with Crippen LogP contribution in [0.3, 0.4) is 0 Å². The van der Waals surface area contributed by atoms with Crippen LogP contribution in [0.15, 0.2) is 53.8 Å². The number of hydrogen-bond acceptors (Lipinski definition) is 7. The Hall–Kier alpha value is -3.02. The summed E-state index contributed by atoms with van der Waals surface area (Å²) in [5.41, 5.74) is 0.485. The molecule has 33 heavy (non-hydrogen) atoms. The maximum Gasteiger partial charge on any atom is 0.415 e. The van der Waals surface area contributed by atoms with E-state index in [9.17, 15) is 14.0 Å². The second-order valence-electron chi connectivity index (χ2n) is 6.84. The van der Waals surface area contributed by atoms with Crippen molar-refractivity contribution in [1.82, 2.24) is 14.7 Å². The Morgan fingerprint density at radius 1 is 1.33 bits per heavy atom. The molecule has 3 aromatic rings. The van der Waals surface area contributed by atoms with E-state index in [4.69, 9.17) is 48.8 Å². The molecule has 0 spiro atoms. The monoisotopic (exact) mass is 517 g/mol. The van der Waals surface area contributed by atoms with Crippen molar-refractivity contribution < 1.29 is 28.0 Å². The Bertz CT molecular complexity index is 1120. The van der Waals surface area contributed by atoms with Crippen LogP contribution in [0.25, 0.3) is 5.69 Å². The second kappa shape index (κ2) is 9.46. The van der Waals surface area contributed by atoms with Crippen molar-refractivity contribution in [2.24, 2.45) is 0 Å². The number of imidazole rings is 1. The lowest BCUT2D eigenvalue weighted by Crippen LogP contribution is -2.46. The van der Waals surface area contributed by atoms with Gasteiger partial charge in [-0.05, 0) is 18.2 Å². The van der Waals surface area contributed by atoms with Crippen LogP contribution in [0, 0.1) is 5.82 Å². The lowest BCUT2D eigenvalue weighted by atomic mass is 10.2. The molecular weight excluding hydrogens is 504 g/mol. The number of hydrogen-bond donors (Lipinski definition) is 0. The molecule has 1 aromatic carbocycles. The van der Waals surface area contributed by atoms with Crippen LogP contribution in [0.5, 0.6) is 0 Å². The molecule has 174 valence electrons. The highest BCUT2D eigenvalue weighted by atomic mass is 35.6. The molecule has 1 atom stereocenters. The zero-order valence-electron chi connectivity index (χ0n) is 16.6. The standard InChI is InChI=1S/C19H15Cl3FN5O5/c20-19(21,22)10-32-17(29)27(16-3-6-33-25-16)8-13-9-31-18(30)28(13)12-1-2-15(14(23)7-12)26-5-4-24-11-26/h1-7,11,13H,8-10H2. The van der Waals surface area contributed by atoms with E-state index >= 15 is 0 Å². The first-order valence-electron chi connectivity index (χ1n) is 9.38. The van der Waals surface area contributed by atoms with Crippen molar-refractivity contribution in [1.29, 1.82) is 0 Å². The maximum absolute atomic E-state index is 14.8. The highest BCUT2D eigenvalue weighted by Crippen LogP contribution is 2.29. The number of nitrogens with zero attached hydrogens (tertiary/aromatic N) is 5. The van der Waals surface area contributed by atoms with Gasteiger partial charge >= 0.3 is 12.2 Å². The SMILES string of the molecule is O=C(OCC(Cl)(Cl)Cl)N(CC1COC(=O)N1c1ccc(-n2ccnc2)c(F)c1)c1ccon1. The van der Waals surface area contributed by atoms with E-state index in [-0.39, 0.29) is 30.3 Å². The molecular formula is C19H15Cl3FN5O5. The van der Waals surface area contributed by atoms with Gasteiger partial charge in [0.2, 0.25) is 3.79 Å². The van der Waals surface area contributed by atoms with Gasteiger partial charge in [0.05, 0.1) is 30.3 Å². The average Bonchev–Trinajstić information content (AvgIpc) is 3.52. The number of alkyl halides is 3. The largest absolute Gasteiger partial charge is 0.447 e. The molecule has 2 aromatic heterocycles. The van der Waals surface area contributed by atoms with Crippen LogP contribution in [0.4, 0.5) is 25.5 Å². The summed E-state index contributed by atoms with van der Waals surface area (Å²) in [6.45, 7) is -0.715. The van der Waals surface area contributed by atoms with Crippen LogP contribution in [0.2, 0.25) is 0 Å². The van der Waals surface area contributed by atoms with Crippen LogP contribution in [-0.2, 0) is 9.47 Å². The molecule has 4 rings (SSSR count). The maximum atomic E-state index is 14.8. The number of anilines is 2. The lowest BCUT2D eigenvalue weighted by Gasteiger charge is -2.27. The van der Waals surface area contributed by atoms with Crippen LogP contribution < -0.4 is 9.80 Å². The zero-order chi connectivity index (χ0) is 23.6. The predicted octanol–water partition coefficient (Wildman–Crippen LogP) is 4.34. The minimum Gasteiger partial charge on any atom is -0.447 e. The fourth-order valence-corrected chi connectivity index (χ4v) is 3.37. The van der Waals surface area contributed by atoms with Gasteiger partial charge in [0, 0.05) is 18.5 Å². The van der Waals surface area contributed by atoms with E-state index in [1.807, 2.05) is 0 Å². The number of benzene rings is 1. The number of amides is 2. The fraction of sp³-hybridized carbons (Fsp3) is 0.263. The molecule has 0 N–H and O–H groups in total. The van der Waals surface area contributed by atoms with Gasteiger partial charge in [-0.25, -0.2) is 19.0 Å². The van der Waals surface area contributed by atoms with Gasteiger partial charge in [-0.2, -0.15) is 0 Å². The topological polar surface area (TPSA) is 103 Å². The minimum absolute atomic E-state index is 0.0736. The third kappa shape index (κ3) is 5.32.